The topological polar surface area (TPSA) is 26.3 Å². The lowest BCUT2D eigenvalue weighted by Gasteiger charge is -2.58. The van der Waals surface area contributed by atoms with Crippen LogP contribution in [0, 0.1) is 40.4 Å². The Labute approximate surface area is 217 Å². The van der Waals surface area contributed by atoms with Crippen LogP contribution in [0.1, 0.15) is 132 Å². The SMILES string of the molecule is C=C(C)CCC[C@@H](C)[C@H]1CCC2C3CC=C4C[C@@H](OC(=O)CCC)CC[C@]4(C)C3CC[C@@]21C.CC. The molecule has 0 bridgehead atoms. The third-order valence-electron chi connectivity index (χ3n) is 10.8. The summed E-state index contributed by atoms with van der Waals surface area (Å²) in [6.07, 6.45) is 18.3. The molecular weight excluding hydrogens is 428 g/mol. The lowest BCUT2D eigenvalue weighted by molar-refractivity contribution is -0.151. The number of fused-ring (bicyclic) bond motifs is 5. The summed E-state index contributed by atoms with van der Waals surface area (Å²) in [5.41, 5.74) is 3.84. The zero-order valence-corrected chi connectivity index (χ0v) is 24.3. The summed E-state index contributed by atoms with van der Waals surface area (Å²) in [5, 5.41) is 0. The van der Waals surface area contributed by atoms with E-state index in [4.69, 9.17) is 4.74 Å². The molecule has 0 N–H and O–H groups in total. The zero-order valence-electron chi connectivity index (χ0n) is 24.3. The molecular formula is C33H56O2. The highest BCUT2D eigenvalue weighted by Crippen LogP contribution is 2.67. The highest BCUT2D eigenvalue weighted by Gasteiger charge is 2.59. The van der Waals surface area contributed by atoms with Gasteiger partial charge >= 0.3 is 5.97 Å². The van der Waals surface area contributed by atoms with Crippen molar-refractivity contribution in [2.24, 2.45) is 40.4 Å². The average molecular weight is 485 g/mol. The van der Waals surface area contributed by atoms with Gasteiger partial charge in [-0.1, -0.05) is 65.2 Å². The molecule has 8 atom stereocenters. The maximum absolute atomic E-state index is 12.1. The van der Waals surface area contributed by atoms with Crippen LogP contribution in [0.25, 0.3) is 0 Å². The van der Waals surface area contributed by atoms with Gasteiger partial charge in [0.2, 0.25) is 0 Å². The Kier molecular flexibility index (Phi) is 9.78. The number of rotatable bonds is 8. The Hall–Kier alpha value is -1.05. The van der Waals surface area contributed by atoms with Crippen molar-refractivity contribution in [3.8, 4) is 0 Å². The molecule has 0 heterocycles. The van der Waals surface area contributed by atoms with Gasteiger partial charge in [-0.2, -0.15) is 0 Å². The maximum Gasteiger partial charge on any atom is 0.306 e. The third kappa shape index (κ3) is 5.77. The maximum atomic E-state index is 12.1. The number of carbonyl (C=O) groups excluding carboxylic acids is 1. The molecule has 3 saturated carbocycles. The smallest absolute Gasteiger partial charge is 0.306 e. The van der Waals surface area contributed by atoms with Gasteiger partial charge in [-0.25, -0.2) is 0 Å². The molecule has 0 aromatic carbocycles. The van der Waals surface area contributed by atoms with Crippen molar-refractivity contribution in [1.29, 1.82) is 0 Å². The van der Waals surface area contributed by atoms with E-state index in [0.717, 1.165) is 48.9 Å². The van der Waals surface area contributed by atoms with Crippen molar-refractivity contribution in [3.63, 3.8) is 0 Å². The van der Waals surface area contributed by atoms with Crippen LogP contribution >= 0.6 is 0 Å². The monoisotopic (exact) mass is 484 g/mol. The van der Waals surface area contributed by atoms with Crippen LogP contribution in [0.15, 0.2) is 23.8 Å². The first-order valence-electron chi connectivity index (χ1n) is 15.2. The molecule has 4 aliphatic rings. The largest absolute Gasteiger partial charge is 0.462 e. The molecule has 4 aliphatic carbocycles. The Morgan fingerprint density at radius 2 is 1.86 bits per heavy atom. The van der Waals surface area contributed by atoms with Gasteiger partial charge in [0.05, 0.1) is 0 Å². The average Bonchev–Trinajstić information content (AvgIpc) is 3.18. The molecule has 200 valence electrons. The fourth-order valence-corrected chi connectivity index (χ4v) is 9.08. The van der Waals surface area contributed by atoms with Gasteiger partial charge in [-0.15, -0.1) is 6.58 Å². The van der Waals surface area contributed by atoms with Crippen LogP contribution in [0.4, 0.5) is 0 Å². The molecule has 4 rings (SSSR count). The molecule has 0 aromatic rings. The number of hydrogen-bond donors (Lipinski definition) is 0. The van der Waals surface area contributed by atoms with E-state index >= 15 is 0 Å². The molecule has 0 radical (unpaired) electrons. The standard InChI is InChI=1S/C31H50O2.C2H6/c1-7-9-29(32)33-24-16-18-30(5)23(20-24)12-13-25-27-15-14-26(22(4)11-8-10-21(2)3)31(27,6)19-17-28(25)30;1-2/h12,22,24-28H,2,7-11,13-20H2,1,3-6H3;1-2H3/t22-,24+,25?,26-,27?,28?,30+,31-;/m1./s1. The van der Waals surface area contributed by atoms with Crippen molar-refractivity contribution in [2.45, 2.75) is 138 Å². The zero-order chi connectivity index (χ0) is 25.8. The summed E-state index contributed by atoms with van der Waals surface area (Å²) in [5.74, 6) is 4.35. The van der Waals surface area contributed by atoms with E-state index in [0.29, 0.717) is 17.3 Å². The Morgan fingerprint density at radius 3 is 2.54 bits per heavy atom. The van der Waals surface area contributed by atoms with Crippen LogP contribution in [-0.2, 0) is 9.53 Å². The summed E-state index contributed by atoms with van der Waals surface area (Å²) in [7, 11) is 0. The summed E-state index contributed by atoms with van der Waals surface area (Å²) < 4.78 is 5.85. The number of allylic oxidation sites excluding steroid dienone is 2. The van der Waals surface area contributed by atoms with E-state index in [-0.39, 0.29) is 12.1 Å². The number of carbonyl (C=O) groups is 1. The quantitative estimate of drug-likeness (QED) is 0.253. The fraction of sp³-hybridized carbons (Fsp3) is 0.848. The second-order valence-corrected chi connectivity index (χ2v) is 12.9. The van der Waals surface area contributed by atoms with Gasteiger partial charge in [-0.05, 0) is 112 Å². The number of esters is 1. The van der Waals surface area contributed by atoms with E-state index in [9.17, 15) is 4.79 Å². The van der Waals surface area contributed by atoms with Crippen LogP contribution in [-0.4, -0.2) is 12.1 Å². The van der Waals surface area contributed by atoms with E-state index in [1.807, 2.05) is 13.8 Å². The van der Waals surface area contributed by atoms with Crippen LogP contribution in [0.2, 0.25) is 0 Å². The molecule has 0 aromatic heterocycles. The molecule has 2 heteroatoms. The van der Waals surface area contributed by atoms with Crippen LogP contribution in [0.3, 0.4) is 0 Å². The van der Waals surface area contributed by atoms with Crippen LogP contribution in [0.5, 0.6) is 0 Å². The minimum atomic E-state index is 0.00295. The van der Waals surface area contributed by atoms with Crippen molar-refractivity contribution in [3.05, 3.63) is 23.8 Å². The minimum absolute atomic E-state index is 0.00295. The van der Waals surface area contributed by atoms with E-state index in [2.05, 4.69) is 47.3 Å². The summed E-state index contributed by atoms with van der Waals surface area (Å²) in [6, 6.07) is 0. The van der Waals surface area contributed by atoms with E-state index in [1.54, 1.807) is 5.57 Å². The molecule has 3 fully saturated rings. The lowest BCUT2D eigenvalue weighted by atomic mass is 9.47. The van der Waals surface area contributed by atoms with Gasteiger partial charge in [-0.3, -0.25) is 4.79 Å². The van der Waals surface area contributed by atoms with Gasteiger partial charge in [0, 0.05) is 12.8 Å². The predicted molar refractivity (Wildman–Crippen MR) is 149 cm³/mol. The summed E-state index contributed by atoms with van der Waals surface area (Å²) in [4.78, 5) is 12.1. The third-order valence-corrected chi connectivity index (χ3v) is 10.8. The highest BCUT2D eigenvalue weighted by molar-refractivity contribution is 5.69. The second-order valence-electron chi connectivity index (χ2n) is 12.9. The predicted octanol–water partition coefficient (Wildman–Crippen LogP) is 9.69. The molecule has 0 aliphatic heterocycles. The Morgan fingerprint density at radius 1 is 1.11 bits per heavy atom. The van der Waals surface area contributed by atoms with Crippen LogP contribution < -0.4 is 0 Å². The minimum Gasteiger partial charge on any atom is -0.462 e. The summed E-state index contributed by atoms with van der Waals surface area (Å²) in [6.45, 7) is 20.1. The Bertz CT molecular complexity index is 765. The molecule has 0 spiro atoms. The normalized spacial score (nSPS) is 38.6. The van der Waals surface area contributed by atoms with Crippen molar-refractivity contribution < 1.29 is 9.53 Å². The van der Waals surface area contributed by atoms with Crippen molar-refractivity contribution in [1.82, 2.24) is 0 Å². The first-order valence-corrected chi connectivity index (χ1v) is 15.2. The Balaban J connectivity index is 0.00000167. The molecule has 35 heavy (non-hydrogen) atoms. The molecule has 0 amide bonds. The van der Waals surface area contributed by atoms with Gasteiger partial charge in [0.15, 0.2) is 0 Å². The van der Waals surface area contributed by atoms with E-state index in [1.165, 1.54) is 63.4 Å². The summed E-state index contributed by atoms with van der Waals surface area (Å²) >= 11 is 0. The van der Waals surface area contributed by atoms with Gasteiger partial charge in [0.25, 0.3) is 0 Å². The lowest BCUT2D eigenvalue weighted by Crippen LogP contribution is -2.51. The van der Waals surface area contributed by atoms with Crippen molar-refractivity contribution in [2.75, 3.05) is 0 Å². The second kappa shape index (κ2) is 12.0. The fourth-order valence-electron chi connectivity index (χ4n) is 9.08. The number of hydrogen-bond acceptors (Lipinski definition) is 2. The number of ether oxygens (including phenoxy) is 1. The van der Waals surface area contributed by atoms with E-state index < -0.39 is 0 Å². The first kappa shape index (κ1) is 28.5. The highest BCUT2D eigenvalue weighted by atomic mass is 16.5. The molecule has 3 unspecified atom stereocenters. The molecule has 0 saturated heterocycles. The first-order chi connectivity index (χ1) is 16.7. The van der Waals surface area contributed by atoms with Gasteiger partial charge in [0.1, 0.15) is 6.10 Å². The van der Waals surface area contributed by atoms with Gasteiger partial charge < -0.3 is 4.74 Å². The molecule has 2 nitrogen and oxygen atoms in total. The van der Waals surface area contributed by atoms with Crippen molar-refractivity contribution >= 4 is 5.97 Å².